The zero-order chi connectivity index (χ0) is 48.2. The molecule has 0 aromatic heterocycles. The number of anilines is 1. The van der Waals surface area contributed by atoms with E-state index in [1.54, 1.807) is 59.8 Å². The first-order chi connectivity index (χ1) is 29.4. The Morgan fingerprint density at radius 3 is 1.97 bits per heavy atom. The summed E-state index contributed by atoms with van der Waals surface area (Å²) < 4.78 is 38.6. The van der Waals surface area contributed by atoms with E-state index in [4.69, 9.17) is 9.47 Å². The van der Waals surface area contributed by atoms with Gasteiger partial charge in [-0.3, -0.25) is 24.4 Å². The van der Waals surface area contributed by atoms with Crippen LogP contribution < -0.4 is 20.7 Å². The number of aliphatic imine (C=N–C) groups is 1. The summed E-state index contributed by atoms with van der Waals surface area (Å²) in [6, 6.07) is 12.5. The van der Waals surface area contributed by atoms with Gasteiger partial charge in [0.05, 0.1) is 17.5 Å². The van der Waals surface area contributed by atoms with Gasteiger partial charge in [0.25, 0.3) is 5.91 Å². The van der Waals surface area contributed by atoms with Gasteiger partial charge in [-0.2, -0.15) is 4.99 Å². The molecule has 2 aliphatic carbocycles. The van der Waals surface area contributed by atoms with Gasteiger partial charge >= 0.3 is 12.2 Å². The van der Waals surface area contributed by atoms with E-state index in [1.165, 1.54) is 11.0 Å². The Hall–Kier alpha value is -5.54. The lowest BCUT2D eigenvalue weighted by Crippen LogP contribution is -2.60. The second-order valence-corrected chi connectivity index (χ2v) is 22.7. The number of rotatable bonds is 11. The number of para-hydroxylation sites is 2. The molecule has 4 N–H and O–H groups in total. The summed E-state index contributed by atoms with van der Waals surface area (Å²) in [7, 11) is -3.92. The van der Waals surface area contributed by atoms with Crippen LogP contribution in [0.25, 0.3) is 0 Å². The molecule has 0 spiro atoms. The van der Waals surface area contributed by atoms with Crippen LogP contribution in [-0.4, -0.2) is 90.4 Å². The van der Waals surface area contributed by atoms with Crippen LogP contribution in [0.4, 0.5) is 21.0 Å². The number of carbonyl (C=O) groups is 5. The monoisotopic (exact) mass is 906 g/mol. The number of isocyanates is 1. The first kappa shape index (κ1) is 51.1. The summed E-state index contributed by atoms with van der Waals surface area (Å²) in [5, 5.41) is 7.48. The van der Waals surface area contributed by atoms with Crippen LogP contribution in [0.3, 0.4) is 0 Å². The molecule has 16 nitrogen and oxygen atoms in total. The van der Waals surface area contributed by atoms with Crippen LogP contribution in [0.2, 0.25) is 0 Å². The zero-order valence-electron chi connectivity index (χ0n) is 39.2. The van der Waals surface area contributed by atoms with Gasteiger partial charge in [-0.05, 0) is 79.5 Å². The third-order valence-electron chi connectivity index (χ3n) is 11.0. The lowest BCUT2D eigenvalue weighted by Gasteiger charge is -2.36. The van der Waals surface area contributed by atoms with E-state index >= 15 is 0 Å². The molecule has 17 heteroatoms. The van der Waals surface area contributed by atoms with Gasteiger partial charge in [0.1, 0.15) is 29.3 Å². The number of carbonyl (C=O) groups excluding carboxylic acids is 6. The highest BCUT2D eigenvalue weighted by molar-refractivity contribution is 7.91. The molecule has 2 saturated carbocycles. The molecule has 3 aliphatic rings. The largest absolute Gasteiger partial charge is 0.444 e. The first-order valence-corrected chi connectivity index (χ1v) is 23.0. The van der Waals surface area contributed by atoms with Crippen LogP contribution in [0, 0.1) is 11.3 Å². The molecule has 350 valence electrons. The summed E-state index contributed by atoms with van der Waals surface area (Å²) in [6.45, 7) is 26.1. The minimum Gasteiger partial charge on any atom is -0.444 e. The summed E-state index contributed by atoms with van der Waals surface area (Å²) in [4.78, 5) is 83.0. The van der Waals surface area contributed by atoms with Crippen molar-refractivity contribution >= 4 is 57.4 Å². The maximum absolute atomic E-state index is 14.3. The molecule has 2 aromatic rings. The van der Waals surface area contributed by atoms with E-state index in [1.807, 2.05) is 57.2 Å². The highest BCUT2D eigenvalue weighted by atomic mass is 32.2. The van der Waals surface area contributed by atoms with Crippen LogP contribution in [-0.2, 0) is 49.5 Å². The van der Waals surface area contributed by atoms with Crippen molar-refractivity contribution in [2.24, 2.45) is 16.3 Å². The summed E-state index contributed by atoms with van der Waals surface area (Å²) in [5.41, 5.74) is -0.387. The normalized spacial score (nSPS) is 21.4. The predicted molar refractivity (Wildman–Crippen MR) is 244 cm³/mol. The van der Waals surface area contributed by atoms with Gasteiger partial charge in [0.15, 0.2) is 0 Å². The molecule has 3 fully saturated rings. The fourth-order valence-electron chi connectivity index (χ4n) is 7.43. The SMILES string of the molecule is C=CC1C[C@]1(NC(=O)[C@@H]1C[C@@H](OC(=O)Nc2ccccc2C(C)(C)C)CN1C(=O)[C@@H](NC(=O)OC(C)(C)C)C(C)(C)C)C(=O)NS(=O)(=O)C1CC1.CC(C)(C)c1ccccc1N=C=O. The minimum absolute atomic E-state index is 0.0109. The average molecular weight is 907 g/mol. The number of hydrogen-bond acceptors (Lipinski definition) is 11. The smallest absolute Gasteiger partial charge is 0.411 e. The molecular weight excluding hydrogens is 841 g/mol. The van der Waals surface area contributed by atoms with Crippen LogP contribution in [0.5, 0.6) is 0 Å². The van der Waals surface area contributed by atoms with E-state index < -0.39 is 85.8 Å². The molecular formula is C47H66N6O10S. The molecule has 2 aromatic carbocycles. The van der Waals surface area contributed by atoms with Crippen molar-refractivity contribution in [1.82, 2.24) is 20.3 Å². The quantitative estimate of drug-likeness (QED) is 0.102. The molecule has 1 aliphatic heterocycles. The number of nitrogens with zero attached hydrogens (tertiary/aromatic N) is 2. The lowest BCUT2D eigenvalue weighted by atomic mass is 9.85. The van der Waals surface area contributed by atoms with E-state index in [0.717, 1.165) is 11.1 Å². The van der Waals surface area contributed by atoms with Crippen molar-refractivity contribution in [3.8, 4) is 0 Å². The number of ether oxygens (including phenoxy) is 2. The maximum Gasteiger partial charge on any atom is 0.411 e. The number of alkyl carbamates (subject to hydrolysis) is 1. The fraction of sp³-hybridized carbons (Fsp3) is 0.574. The summed E-state index contributed by atoms with van der Waals surface area (Å²) in [6.07, 6.45) is 1.31. The molecule has 5 rings (SSSR count). The van der Waals surface area contributed by atoms with Crippen molar-refractivity contribution < 1.29 is 46.7 Å². The third-order valence-corrected chi connectivity index (χ3v) is 12.8. The highest BCUT2D eigenvalue weighted by Gasteiger charge is 2.62. The molecule has 1 unspecified atom stereocenters. The second kappa shape index (κ2) is 19.3. The molecule has 0 radical (unpaired) electrons. The van der Waals surface area contributed by atoms with Crippen LogP contribution >= 0.6 is 0 Å². The number of amides is 5. The Morgan fingerprint density at radius 1 is 0.875 bits per heavy atom. The van der Waals surface area contributed by atoms with Gasteiger partial charge in [0, 0.05) is 18.0 Å². The van der Waals surface area contributed by atoms with E-state index in [0.29, 0.717) is 24.2 Å². The van der Waals surface area contributed by atoms with Crippen molar-refractivity contribution in [3.63, 3.8) is 0 Å². The summed E-state index contributed by atoms with van der Waals surface area (Å²) in [5.74, 6) is -2.82. The van der Waals surface area contributed by atoms with Crippen molar-refractivity contribution in [3.05, 3.63) is 72.3 Å². The number of benzene rings is 2. The average Bonchev–Trinajstić information content (AvgIpc) is 4.09. The predicted octanol–water partition coefficient (Wildman–Crippen LogP) is 7.06. The zero-order valence-corrected chi connectivity index (χ0v) is 40.0. The van der Waals surface area contributed by atoms with Gasteiger partial charge in [0.2, 0.25) is 27.9 Å². The molecule has 5 atom stereocenters. The molecule has 0 bridgehead atoms. The van der Waals surface area contributed by atoms with Crippen molar-refractivity contribution in [2.45, 2.75) is 154 Å². The van der Waals surface area contributed by atoms with Crippen molar-refractivity contribution in [2.75, 3.05) is 11.9 Å². The Balaban J connectivity index is 0.000000591. The lowest BCUT2D eigenvalue weighted by molar-refractivity contribution is -0.143. The maximum atomic E-state index is 14.3. The number of nitrogens with one attached hydrogen (secondary N) is 4. The highest BCUT2D eigenvalue weighted by Crippen LogP contribution is 2.45. The topological polar surface area (TPSA) is 219 Å². The fourth-order valence-corrected chi connectivity index (χ4v) is 8.79. The Labute approximate surface area is 377 Å². The van der Waals surface area contributed by atoms with E-state index in [2.05, 4.69) is 53.0 Å². The first-order valence-electron chi connectivity index (χ1n) is 21.5. The molecule has 64 heavy (non-hydrogen) atoms. The second-order valence-electron chi connectivity index (χ2n) is 20.8. The van der Waals surface area contributed by atoms with Gasteiger partial charge in [-0.1, -0.05) is 105 Å². The van der Waals surface area contributed by atoms with E-state index in [9.17, 15) is 37.2 Å². The Bertz CT molecular complexity index is 2260. The van der Waals surface area contributed by atoms with E-state index in [-0.39, 0.29) is 30.2 Å². The standard InChI is InChI=1S/C36H53N5O9S.C11H13NO/c1-11-21-19-36(21,30(44)40-51(47,48)23-16-17-23)39-28(42)26-18-22(49-31(45)37-25-15-13-12-14-24(25)33(2,3)4)20-41(26)29(43)27(34(5,6)7)38-32(46)50-35(8,9)10;1-11(2,3)9-6-4-5-7-10(9)12-8-13/h11-15,21-23,26-27H,1,16-20H2,2-10H3,(H,37,45)(H,38,46)(H,39,42)(H,40,44);4-7H,1-3H3/t21?,22-,26+,27-,36-;/m1./s1. The molecule has 1 saturated heterocycles. The van der Waals surface area contributed by atoms with Gasteiger partial charge < -0.3 is 25.0 Å². The van der Waals surface area contributed by atoms with Crippen LogP contribution in [0.1, 0.15) is 120 Å². The molecule has 1 heterocycles. The number of sulfonamides is 1. The Morgan fingerprint density at radius 2 is 1.45 bits per heavy atom. The summed E-state index contributed by atoms with van der Waals surface area (Å²) >= 11 is 0. The number of hydrogen-bond donors (Lipinski definition) is 4. The van der Waals surface area contributed by atoms with Crippen LogP contribution in [0.15, 0.2) is 66.2 Å². The minimum atomic E-state index is -3.92. The Kier molecular flexibility index (Phi) is 15.4. The third kappa shape index (κ3) is 13.3. The van der Waals surface area contributed by atoms with Gasteiger partial charge in [-0.25, -0.2) is 22.8 Å². The van der Waals surface area contributed by atoms with Gasteiger partial charge in [-0.15, -0.1) is 6.58 Å². The van der Waals surface area contributed by atoms with Crippen molar-refractivity contribution in [1.29, 1.82) is 0 Å². The molecule has 5 amide bonds. The number of likely N-dealkylation sites (tertiary alicyclic amines) is 1.